The van der Waals surface area contributed by atoms with E-state index in [-0.39, 0.29) is 17.6 Å². The molecule has 0 radical (unpaired) electrons. The number of rotatable bonds is 4. The molecule has 3 aromatic rings. The van der Waals surface area contributed by atoms with Crippen molar-refractivity contribution in [3.63, 3.8) is 0 Å². The molecule has 1 aliphatic rings. The number of carbonyl (C=O) groups is 1. The van der Waals surface area contributed by atoms with E-state index in [4.69, 9.17) is 4.98 Å². The molecule has 28 heavy (non-hydrogen) atoms. The van der Waals surface area contributed by atoms with E-state index in [1.165, 1.54) is 11.0 Å². The number of fused-ring (bicyclic) bond motifs is 1. The normalized spacial score (nSPS) is 17.8. The van der Waals surface area contributed by atoms with Crippen LogP contribution in [0.15, 0.2) is 48.5 Å². The van der Waals surface area contributed by atoms with Gasteiger partial charge in [-0.05, 0) is 42.7 Å². The van der Waals surface area contributed by atoms with E-state index in [0.29, 0.717) is 17.7 Å². The molecule has 1 amide bonds. The summed E-state index contributed by atoms with van der Waals surface area (Å²) < 4.78 is 24.3. The number of piperidine rings is 1. The highest BCUT2D eigenvalue weighted by atomic mass is 32.2. The lowest BCUT2D eigenvalue weighted by atomic mass is 9.98. The van der Waals surface area contributed by atoms with Gasteiger partial charge in [-0.1, -0.05) is 24.3 Å². The van der Waals surface area contributed by atoms with Crippen LogP contribution in [-0.4, -0.2) is 43.6 Å². The van der Waals surface area contributed by atoms with Crippen molar-refractivity contribution in [2.75, 3.05) is 19.3 Å². The van der Waals surface area contributed by atoms with Crippen molar-refractivity contribution in [3.8, 4) is 0 Å². The number of para-hydroxylation sites is 1. The third-order valence-electron chi connectivity index (χ3n) is 4.97. The fourth-order valence-corrected chi connectivity index (χ4v) is 5.59. The molecule has 146 valence electrons. The zero-order valence-electron chi connectivity index (χ0n) is 15.7. The lowest BCUT2D eigenvalue weighted by Gasteiger charge is -2.32. The molecule has 1 fully saturated rings. The van der Waals surface area contributed by atoms with Gasteiger partial charge in [0.25, 0.3) is 5.91 Å². The van der Waals surface area contributed by atoms with Crippen LogP contribution in [-0.2, 0) is 15.6 Å². The topological polar surface area (TPSA) is 67.3 Å². The Morgan fingerprint density at radius 1 is 1.21 bits per heavy atom. The molecule has 0 unspecified atom stereocenters. The Bertz CT molecular complexity index is 1090. The van der Waals surface area contributed by atoms with Crippen LogP contribution in [0, 0.1) is 0 Å². The first-order valence-electron chi connectivity index (χ1n) is 9.30. The molecule has 7 heteroatoms. The highest BCUT2D eigenvalue weighted by Crippen LogP contribution is 2.33. The predicted molar refractivity (Wildman–Crippen MR) is 112 cm³/mol. The van der Waals surface area contributed by atoms with E-state index in [2.05, 4.69) is 6.07 Å². The van der Waals surface area contributed by atoms with Gasteiger partial charge in [-0.15, -0.1) is 11.3 Å². The summed E-state index contributed by atoms with van der Waals surface area (Å²) in [5, 5.41) is 1.09. The van der Waals surface area contributed by atoms with Crippen molar-refractivity contribution in [1.29, 1.82) is 0 Å². The van der Waals surface area contributed by atoms with Gasteiger partial charge >= 0.3 is 0 Å². The van der Waals surface area contributed by atoms with E-state index in [0.717, 1.165) is 29.9 Å². The largest absolute Gasteiger partial charge is 0.338 e. The lowest BCUT2D eigenvalue weighted by Crippen LogP contribution is -2.39. The molecule has 5 nitrogen and oxygen atoms in total. The number of nitrogens with zero attached hydrogens (tertiary/aromatic N) is 2. The molecule has 0 N–H and O–H groups in total. The number of carbonyl (C=O) groups excluding carboxylic acids is 1. The lowest BCUT2D eigenvalue weighted by molar-refractivity contribution is 0.0707. The average Bonchev–Trinajstić information content (AvgIpc) is 3.11. The minimum absolute atomic E-state index is 0.0406. The van der Waals surface area contributed by atoms with Gasteiger partial charge in [-0.3, -0.25) is 4.79 Å². The third kappa shape index (κ3) is 4.25. The van der Waals surface area contributed by atoms with Crippen molar-refractivity contribution in [3.05, 3.63) is 64.7 Å². The first-order chi connectivity index (χ1) is 13.4. The zero-order chi connectivity index (χ0) is 19.7. The summed E-state index contributed by atoms with van der Waals surface area (Å²) in [4.78, 5) is 19.7. The van der Waals surface area contributed by atoms with E-state index in [1.54, 1.807) is 35.6 Å². The summed E-state index contributed by atoms with van der Waals surface area (Å²) in [5.41, 5.74) is 2.21. The van der Waals surface area contributed by atoms with Crippen LogP contribution in [0.5, 0.6) is 0 Å². The molecule has 1 aliphatic heterocycles. The minimum atomic E-state index is -3.13. The maximum absolute atomic E-state index is 13.0. The monoisotopic (exact) mass is 414 g/mol. The number of aromatic nitrogens is 1. The molecule has 0 bridgehead atoms. The number of hydrogen-bond donors (Lipinski definition) is 0. The van der Waals surface area contributed by atoms with Crippen molar-refractivity contribution < 1.29 is 13.2 Å². The van der Waals surface area contributed by atoms with Crippen LogP contribution < -0.4 is 0 Å². The van der Waals surface area contributed by atoms with E-state index >= 15 is 0 Å². The van der Waals surface area contributed by atoms with Crippen LogP contribution in [0.4, 0.5) is 0 Å². The van der Waals surface area contributed by atoms with E-state index in [9.17, 15) is 13.2 Å². The van der Waals surface area contributed by atoms with Crippen LogP contribution in [0.2, 0.25) is 0 Å². The van der Waals surface area contributed by atoms with Gasteiger partial charge in [-0.25, -0.2) is 13.4 Å². The Morgan fingerprint density at radius 2 is 2.04 bits per heavy atom. The first kappa shape index (κ1) is 19.1. The number of likely N-dealkylation sites (tertiary alicyclic amines) is 1. The van der Waals surface area contributed by atoms with Crippen LogP contribution in [0.25, 0.3) is 10.2 Å². The Morgan fingerprint density at radius 3 is 2.82 bits per heavy atom. The fraction of sp³-hybridized carbons (Fsp3) is 0.333. The predicted octanol–water partition coefficient (Wildman–Crippen LogP) is 3.86. The third-order valence-corrected chi connectivity index (χ3v) is 7.03. The smallest absolute Gasteiger partial charge is 0.253 e. The number of hydrogen-bond acceptors (Lipinski definition) is 5. The van der Waals surface area contributed by atoms with Gasteiger partial charge in [0.1, 0.15) is 0 Å². The summed E-state index contributed by atoms with van der Waals surface area (Å²) >= 11 is 1.71. The first-order valence-corrected chi connectivity index (χ1v) is 12.2. The van der Waals surface area contributed by atoms with Gasteiger partial charge < -0.3 is 4.90 Å². The average molecular weight is 415 g/mol. The van der Waals surface area contributed by atoms with E-state index < -0.39 is 9.84 Å². The molecule has 0 spiro atoms. The molecule has 1 saturated heterocycles. The second kappa shape index (κ2) is 7.64. The van der Waals surface area contributed by atoms with Crippen molar-refractivity contribution >= 4 is 37.3 Å². The van der Waals surface area contributed by atoms with E-state index in [1.807, 2.05) is 23.1 Å². The molecular weight excluding hydrogens is 392 g/mol. The molecule has 1 atom stereocenters. The molecule has 1 aromatic heterocycles. The second-order valence-electron chi connectivity index (χ2n) is 7.38. The van der Waals surface area contributed by atoms with Gasteiger partial charge in [0.15, 0.2) is 9.84 Å². The van der Waals surface area contributed by atoms with Gasteiger partial charge in [0.2, 0.25) is 0 Å². The maximum atomic E-state index is 13.0. The number of benzene rings is 2. The summed E-state index contributed by atoms with van der Waals surface area (Å²) in [7, 11) is -3.13. The summed E-state index contributed by atoms with van der Waals surface area (Å²) in [5.74, 6) is 0.151. The Hall–Kier alpha value is -2.25. The zero-order valence-corrected chi connectivity index (χ0v) is 17.3. The number of amides is 1. The molecular formula is C21H22N2O3S2. The highest BCUT2D eigenvalue weighted by molar-refractivity contribution is 7.89. The van der Waals surface area contributed by atoms with Crippen molar-refractivity contribution in [2.45, 2.75) is 24.5 Å². The SMILES string of the molecule is CS(=O)(=O)Cc1cccc(C(=O)N2CCC[C@@H](c3nc4ccccc4s3)C2)c1. The molecule has 0 saturated carbocycles. The van der Waals surface area contributed by atoms with Crippen LogP contribution in [0.1, 0.15) is 39.7 Å². The Kier molecular flexibility index (Phi) is 5.21. The minimum Gasteiger partial charge on any atom is -0.338 e. The highest BCUT2D eigenvalue weighted by Gasteiger charge is 2.27. The Labute approximate surface area is 168 Å². The molecule has 2 heterocycles. The molecule has 4 rings (SSSR count). The summed E-state index contributed by atoms with van der Waals surface area (Å²) in [6.45, 7) is 1.37. The second-order valence-corrected chi connectivity index (χ2v) is 10.6. The molecule has 0 aliphatic carbocycles. The molecule has 2 aromatic carbocycles. The van der Waals surface area contributed by atoms with Crippen LogP contribution >= 0.6 is 11.3 Å². The fourth-order valence-electron chi connectivity index (χ4n) is 3.71. The Balaban J connectivity index is 1.52. The number of thiazole rings is 1. The standard InChI is InChI=1S/C21H22N2O3S2/c1-28(25,26)14-15-6-4-7-16(12-15)21(24)23-11-5-8-17(13-23)20-22-18-9-2-3-10-19(18)27-20/h2-4,6-7,9-10,12,17H,5,8,11,13-14H2,1H3/t17-/m1/s1. The van der Waals surface area contributed by atoms with Gasteiger partial charge in [0.05, 0.1) is 21.0 Å². The summed E-state index contributed by atoms with van der Waals surface area (Å²) in [6, 6.07) is 15.1. The van der Waals surface area contributed by atoms with Crippen molar-refractivity contribution in [1.82, 2.24) is 9.88 Å². The quantitative estimate of drug-likeness (QED) is 0.650. The van der Waals surface area contributed by atoms with Gasteiger partial charge in [-0.2, -0.15) is 0 Å². The summed E-state index contributed by atoms with van der Waals surface area (Å²) in [6.07, 6.45) is 3.17. The van der Waals surface area contributed by atoms with Crippen LogP contribution in [0.3, 0.4) is 0 Å². The maximum Gasteiger partial charge on any atom is 0.253 e. The van der Waals surface area contributed by atoms with Gasteiger partial charge in [0, 0.05) is 30.8 Å². The van der Waals surface area contributed by atoms with Crippen molar-refractivity contribution in [2.24, 2.45) is 0 Å². The number of sulfone groups is 1.